The molecule has 0 aliphatic rings. The first kappa shape index (κ1) is 10.0. The topological polar surface area (TPSA) is 71.1 Å². The number of ether oxygens (including phenoxy) is 1. The van der Waals surface area contributed by atoms with Crippen molar-refractivity contribution in [3.8, 4) is 0 Å². The van der Waals surface area contributed by atoms with Crippen molar-refractivity contribution in [2.75, 3.05) is 27.3 Å². The van der Waals surface area contributed by atoms with Crippen LogP contribution in [-0.4, -0.2) is 43.4 Å². The fourth-order valence-corrected chi connectivity index (χ4v) is 0.637. The fourth-order valence-electron chi connectivity index (χ4n) is 0.637. The Morgan fingerprint density at radius 2 is 2.36 bits per heavy atom. The van der Waals surface area contributed by atoms with E-state index in [0.29, 0.717) is 6.61 Å². The molecule has 0 amide bonds. The van der Waals surface area contributed by atoms with Crippen molar-refractivity contribution in [3.63, 3.8) is 0 Å². The van der Waals surface area contributed by atoms with Crippen molar-refractivity contribution in [2.45, 2.75) is 6.42 Å². The van der Waals surface area contributed by atoms with Crippen LogP contribution in [0, 0.1) is 0 Å². The highest BCUT2D eigenvalue weighted by molar-refractivity contribution is 5.76. The molecule has 3 N–H and O–H groups in total. The molecule has 66 valence electrons. The average molecular weight is 161 g/mol. The molecule has 0 spiro atoms. The third-order valence-corrected chi connectivity index (χ3v) is 1.34. The summed E-state index contributed by atoms with van der Waals surface area (Å²) in [6.45, 7) is 1.41. The lowest BCUT2D eigenvalue weighted by Crippen LogP contribution is -2.34. The second-order valence-electron chi connectivity index (χ2n) is 2.23. The van der Waals surface area contributed by atoms with Gasteiger partial charge in [0.15, 0.2) is 0 Å². The molecule has 0 radical (unpaired) electrons. The first-order valence-corrected chi connectivity index (χ1v) is 3.40. The Bertz CT molecular complexity index is 127. The number of oxime groups is 1. The lowest BCUT2D eigenvalue weighted by Gasteiger charge is -2.15. The van der Waals surface area contributed by atoms with Gasteiger partial charge in [0.1, 0.15) is 0 Å². The van der Waals surface area contributed by atoms with E-state index in [1.165, 1.54) is 0 Å². The van der Waals surface area contributed by atoms with Gasteiger partial charge in [-0.3, -0.25) is 0 Å². The molecule has 0 saturated heterocycles. The van der Waals surface area contributed by atoms with Gasteiger partial charge in [-0.05, 0) is 6.42 Å². The molecule has 0 aromatic carbocycles. The Labute approximate surface area is 66.4 Å². The van der Waals surface area contributed by atoms with E-state index in [1.54, 1.807) is 19.1 Å². The zero-order chi connectivity index (χ0) is 8.69. The molecule has 0 unspecified atom stereocenters. The number of guanidine groups is 1. The highest BCUT2D eigenvalue weighted by Crippen LogP contribution is 1.86. The Balaban J connectivity index is 3.44. The van der Waals surface area contributed by atoms with Gasteiger partial charge in [-0.25, -0.2) is 0 Å². The first-order chi connectivity index (χ1) is 5.22. The van der Waals surface area contributed by atoms with Crippen LogP contribution in [0.1, 0.15) is 6.42 Å². The maximum atomic E-state index is 8.25. The number of nitrogens with zero attached hydrogens (tertiary/aromatic N) is 2. The van der Waals surface area contributed by atoms with Crippen LogP contribution < -0.4 is 5.73 Å². The van der Waals surface area contributed by atoms with Gasteiger partial charge < -0.3 is 20.6 Å². The predicted octanol–water partition coefficient (Wildman–Crippen LogP) is -0.341. The van der Waals surface area contributed by atoms with E-state index < -0.39 is 0 Å². The minimum absolute atomic E-state index is 0.126. The number of nitrogens with two attached hydrogens (primary N) is 1. The maximum Gasteiger partial charge on any atom is 0.233 e. The molecule has 0 rings (SSSR count). The largest absolute Gasteiger partial charge is 0.408 e. The van der Waals surface area contributed by atoms with Crippen LogP contribution in [0.2, 0.25) is 0 Å². The number of hydrogen-bond acceptors (Lipinski definition) is 3. The molecule has 0 saturated carbocycles. The number of hydrogen-bond donors (Lipinski definition) is 2. The maximum absolute atomic E-state index is 8.25. The fraction of sp³-hybridized carbons (Fsp3) is 0.833. The van der Waals surface area contributed by atoms with Crippen molar-refractivity contribution in [3.05, 3.63) is 0 Å². The summed E-state index contributed by atoms with van der Waals surface area (Å²) in [4.78, 5) is 1.65. The number of rotatable bonds is 4. The van der Waals surface area contributed by atoms with Gasteiger partial charge in [-0.15, -0.1) is 0 Å². The third-order valence-electron chi connectivity index (χ3n) is 1.34. The van der Waals surface area contributed by atoms with Gasteiger partial charge in [-0.2, -0.15) is 0 Å². The van der Waals surface area contributed by atoms with Crippen LogP contribution in [0.3, 0.4) is 0 Å². The van der Waals surface area contributed by atoms with Crippen molar-refractivity contribution in [2.24, 2.45) is 10.9 Å². The standard InChI is InChI=1S/C6H15N3O2/c1-9(6(7)8-10)4-3-5-11-2/h10H,3-5H2,1-2H3,(H2,7,8). The SMILES string of the molecule is COCCCN(C)C(N)=NO. The highest BCUT2D eigenvalue weighted by atomic mass is 16.5. The molecule has 0 bridgehead atoms. The Morgan fingerprint density at radius 1 is 1.73 bits per heavy atom. The van der Waals surface area contributed by atoms with Crippen molar-refractivity contribution >= 4 is 5.96 Å². The van der Waals surface area contributed by atoms with Crippen LogP contribution >= 0.6 is 0 Å². The summed E-state index contributed by atoms with van der Waals surface area (Å²) in [5.41, 5.74) is 5.28. The molecule has 5 nitrogen and oxygen atoms in total. The second kappa shape index (κ2) is 5.79. The molecule has 0 atom stereocenters. The molecular weight excluding hydrogens is 146 g/mol. The normalized spacial score (nSPS) is 11.6. The minimum Gasteiger partial charge on any atom is -0.408 e. The van der Waals surface area contributed by atoms with E-state index in [1.807, 2.05) is 0 Å². The molecule has 11 heavy (non-hydrogen) atoms. The third kappa shape index (κ3) is 4.44. The quantitative estimate of drug-likeness (QED) is 0.194. The molecule has 0 fully saturated rings. The second-order valence-corrected chi connectivity index (χ2v) is 2.23. The highest BCUT2D eigenvalue weighted by Gasteiger charge is 1.99. The van der Waals surface area contributed by atoms with E-state index in [2.05, 4.69) is 5.16 Å². The monoisotopic (exact) mass is 161 g/mol. The van der Waals surface area contributed by atoms with Crippen LogP contribution in [-0.2, 0) is 4.74 Å². The van der Waals surface area contributed by atoms with E-state index in [-0.39, 0.29) is 5.96 Å². The predicted molar refractivity (Wildman–Crippen MR) is 42.5 cm³/mol. The van der Waals surface area contributed by atoms with Crippen LogP contribution in [0.15, 0.2) is 5.16 Å². The number of methoxy groups -OCH3 is 1. The summed E-state index contributed by atoms with van der Waals surface area (Å²) in [5.74, 6) is 0.126. The molecule has 0 aliphatic carbocycles. The van der Waals surface area contributed by atoms with Gasteiger partial charge in [0, 0.05) is 27.3 Å². The van der Waals surface area contributed by atoms with E-state index >= 15 is 0 Å². The van der Waals surface area contributed by atoms with Gasteiger partial charge in [0.2, 0.25) is 5.96 Å². The minimum atomic E-state index is 0.126. The van der Waals surface area contributed by atoms with E-state index in [9.17, 15) is 0 Å². The molecule has 0 aromatic heterocycles. The van der Waals surface area contributed by atoms with Crippen LogP contribution in [0.5, 0.6) is 0 Å². The van der Waals surface area contributed by atoms with E-state index in [0.717, 1.165) is 13.0 Å². The molecule has 5 heteroatoms. The zero-order valence-corrected chi connectivity index (χ0v) is 6.95. The summed E-state index contributed by atoms with van der Waals surface area (Å²) < 4.78 is 4.84. The van der Waals surface area contributed by atoms with Crippen molar-refractivity contribution in [1.29, 1.82) is 0 Å². The van der Waals surface area contributed by atoms with Crippen molar-refractivity contribution in [1.82, 2.24) is 4.90 Å². The smallest absolute Gasteiger partial charge is 0.233 e. The summed E-state index contributed by atoms with van der Waals surface area (Å²) in [6, 6.07) is 0. The summed E-state index contributed by atoms with van der Waals surface area (Å²) in [7, 11) is 3.40. The molecule has 0 aliphatic heterocycles. The van der Waals surface area contributed by atoms with Crippen molar-refractivity contribution < 1.29 is 9.94 Å². The van der Waals surface area contributed by atoms with Gasteiger partial charge in [0.05, 0.1) is 0 Å². The van der Waals surface area contributed by atoms with Gasteiger partial charge >= 0.3 is 0 Å². The van der Waals surface area contributed by atoms with Gasteiger partial charge in [-0.1, -0.05) is 5.16 Å². The lowest BCUT2D eigenvalue weighted by molar-refractivity contribution is 0.188. The summed E-state index contributed by atoms with van der Waals surface area (Å²) in [6.07, 6.45) is 0.864. The Kier molecular flexibility index (Phi) is 5.28. The van der Waals surface area contributed by atoms with Gasteiger partial charge in [0.25, 0.3) is 0 Å². The lowest BCUT2D eigenvalue weighted by atomic mass is 10.4. The molecular formula is C6H15N3O2. The Hall–Kier alpha value is -0.970. The first-order valence-electron chi connectivity index (χ1n) is 3.40. The summed E-state index contributed by atoms with van der Waals surface area (Å²) in [5, 5.41) is 11.1. The van der Waals surface area contributed by atoms with E-state index in [4.69, 9.17) is 15.7 Å². The summed E-state index contributed by atoms with van der Waals surface area (Å²) >= 11 is 0. The Morgan fingerprint density at radius 3 is 2.82 bits per heavy atom. The van der Waals surface area contributed by atoms with Crippen LogP contribution in [0.4, 0.5) is 0 Å². The zero-order valence-electron chi connectivity index (χ0n) is 6.95. The molecule has 0 aromatic rings. The molecule has 0 heterocycles. The average Bonchev–Trinajstić information content (AvgIpc) is 2.03. The van der Waals surface area contributed by atoms with Crippen LogP contribution in [0.25, 0.3) is 0 Å².